The second-order valence-electron chi connectivity index (χ2n) is 8.78. The van der Waals surface area contributed by atoms with Crippen molar-refractivity contribution in [2.75, 3.05) is 57.3 Å². The van der Waals surface area contributed by atoms with Crippen molar-refractivity contribution in [1.82, 2.24) is 14.8 Å². The summed E-state index contributed by atoms with van der Waals surface area (Å²) in [5, 5.41) is 3.61. The van der Waals surface area contributed by atoms with Gasteiger partial charge < -0.3 is 14.6 Å². The van der Waals surface area contributed by atoms with Gasteiger partial charge >= 0.3 is 0 Å². The van der Waals surface area contributed by atoms with Crippen LogP contribution in [0.25, 0.3) is 21.3 Å². The lowest BCUT2D eigenvalue weighted by Gasteiger charge is -2.40. The Morgan fingerprint density at radius 2 is 2.00 bits per heavy atom. The molecule has 0 spiro atoms. The zero-order chi connectivity index (χ0) is 20.5. The van der Waals surface area contributed by atoms with Gasteiger partial charge in [0.25, 0.3) is 0 Å². The van der Waals surface area contributed by atoms with E-state index in [1.54, 1.807) is 0 Å². The summed E-state index contributed by atoms with van der Waals surface area (Å²) < 4.78 is 6.15. The molecule has 2 saturated heterocycles. The van der Waals surface area contributed by atoms with E-state index in [1.807, 2.05) is 17.5 Å². The average Bonchev–Trinajstić information content (AvgIpc) is 3.44. The average molecular weight is 425 g/mol. The number of H-pyrrole nitrogens is 1. The molecule has 0 aliphatic carbocycles. The fraction of sp³-hybridized carbons (Fsp3) is 0.500. The lowest BCUT2D eigenvalue weighted by atomic mass is 10.1. The number of aromatic nitrogens is 1. The van der Waals surface area contributed by atoms with Gasteiger partial charge in [0.15, 0.2) is 0 Å². The maximum absolute atomic E-state index is 6.15. The van der Waals surface area contributed by atoms with Gasteiger partial charge in [0.2, 0.25) is 0 Å². The molecule has 2 aromatic heterocycles. The summed E-state index contributed by atoms with van der Waals surface area (Å²) in [7, 11) is 0. The van der Waals surface area contributed by atoms with E-state index in [-0.39, 0.29) is 0 Å². The van der Waals surface area contributed by atoms with Crippen molar-refractivity contribution in [3.05, 3.63) is 41.9 Å². The fourth-order valence-electron chi connectivity index (χ4n) is 4.75. The number of rotatable bonds is 5. The lowest BCUT2D eigenvalue weighted by molar-refractivity contribution is 0.00227. The van der Waals surface area contributed by atoms with E-state index >= 15 is 0 Å². The first-order valence-corrected chi connectivity index (χ1v) is 12.0. The van der Waals surface area contributed by atoms with Crippen LogP contribution >= 0.6 is 11.3 Å². The molecule has 2 aliphatic rings. The molecule has 5 rings (SSSR count). The summed E-state index contributed by atoms with van der Waals surface area (Å²) in [6.45, 7) is 13.1. The minimum atomic E-state index is 0.292. The molecule has 2 aliphatic heterocycles. The number of anilines is 1. The highest BCUT2D eigenvalue weighted by atomic mass is 32.1. The van der Waals surface area contributed by atoms with Gasteiger partial charge in [-0.1, -0.05) is 12.1 Å². The maximum atomic E-state index is 6.15. The maximum Gasteiger partial charge on any atom is 0.0877 e. The Labute approximate surface area is 183 Å². The topological polar surface area (TPSA) is 34.7 Å². The molecular weight excluding hydrogens is 392 g/mol. The van der Waals surface area contributed by atoms with Crippen LogP contribution in [-0.2, 0) is 4.74 Å². The number of hydrogen-bond acceptors (Lipinski definition) is 5. The summed E-state index contributed by atoms with van der Waals surface area (Å²) in [4.78, 5) is 12.3. The zero-order valence-corrected chi connectivity index (χ0v) is 18.8. The van der Waals surface area contributed by atoms with Gasteiger partial charge in [0.05, 0.1) is 12.7 Å². The van der Waals surface area contributed by atoms with E-state index in [0.29, 0.717) is 12.1 Å². The van der Waals surface area contributed by atoms with E-state index in [1.165, 1.54) is 40.1 Å². The van der Waals surface area contributed by atoms with Crippen LogP contribution in [0.5, 0.6) is 0 Å². The van der Waals surface area contributed by atoms with Gasteiger partial charge in [0, 0.05) is 90.5 Å². The minimum absolute atomic E-state index is 0.292. The molecule has 1 atom stereocenters. The van der Waals surface area contributed by atoms with Crippen LogP contribution in [-0.4, -0.2) is 79.3 Å². The Kier molecular flexibility index (Phi) is 5.83. The van der Waals surface area contributed by atoms with Crippen molar-refractivity contribution >= 4 is 27.9 Å². The number of benzene rings is 1. The van der Waals surface area contributed by atoms with Gasteiger partial charge in [-0.15, -0.1) is 11.3 Å². The van der Waals surface area contributed by atoms with E-state index in [9.17, 15) is 0 Å². The van der Waals surface area contributed by atoms with Gasteiger partial charge in [-0.2, -0.15) is 0 Å². The summed E-state index contributed by atoms with van der Waals surface area (Å²) in [6, 6.07) is 11.7. The Morgan fingerprint density at radius 3 is 2.83 bits per heavy atom. The van der Waals surface area contributed by atoms with Crippen LogP contribution in [0.2, 0.25) is 0 Å². The summed E-state index contributed by atoms with van der Waals surface area (Å²) in [5.41, 5.74) is 3.85. The number of morpholine rings is 1. The van der Waals surface area contributed by atoms with Crippen molar-refractivity contribution in [2.24, 2.45) is 0 Å². The summed E-state index contributed by atoms with van der Waals surface area (Å²) in [5.74, 6) is 0. The third-order valence-corrected chi connectivity index (χ3v) is 7.50. The van der Waals surface area contributed by atoms with Gasteiger partial charge in [-0.25, -0.2) is 0 Å². The van der Waals surface area contributed by atoms with Crippen LogP contribution < -0.4 is 4.90 Å². The molecule has 4 heterocycles. The standard InChI is InChI=1S/C24H32N4OS/c1-18(2)27-10-8-26(9-11-27)15-20-16-28(12-13-29-20)19-14-24(30-17-19)22-4-3-5-23-21(22)6-7-25-23/h3-7,14,17-18,20,25H,8-13,15-16H2,1-2H3. The van der Waals surface area contributed by atoms with Crippen molar-refractivity contribution in [3.8, 4) is 10.4 Å². The molecule has 0 saturated carbocycles. The number of nitrogens with one attached hydrogen (secondary N) is 1. The summed E-state index contributed by atoms with van der Waals surface area (Å²) >= 11 is 1.84. The molecule has 2 fully saturated rings. The largest absolute Gasteiger partial charge is 0.373 e. The highest BCUT2D eigenvalue weighted by molar-refractivity contribution is 7.14. The molecule has 5 nitrogen and oxygen atoms in total. The predicted octanol–water partition coefficient (Wildman–Crippen LogP) is 4.13. The van der Waals surface area contributed by atoms with Crippen molar-refractivity contribution in [2.45, 2.75) is 26.0 Å². The molecule has 160 valence electrons. The van der Waals surface area contributed by atoms with Gasteiger partial charge in [0.1, 0.15) is 0 Å². The third kappa shape index (κ3) is 4.14. The molecule has 1 aromatic carbocycles. The first kappa shape index (κ1) is 20.1. The first-order chi connectivity index (χ1) is 14.7. The van der Waals surface area contributed by atoms with Crippen molar-refractivity contribution < 1.29 is 4.74 Å². The zero-order valence-electron chi connectivity index (χ0n) is 18.0. The molecule has 3 aromatic rings. The number of nitrogens with zero attached hydrogens (tertiary/aromatic N) is 3. The van der Waals surface area contributed by atoms with Crippen molar-refractivity contribution in [3.63, 3.8) is 0 Å². The quantitative estimate of drug-likeness (QED) is 0.668. The van der Waals surface area contributed by atoms with Crippen molar-refractivity contribution in [1.29, 1.82) is 0 Å². The SMILES string of the molecule is CC(C)N1CCN(CC2CN(c3csc(-c4cccc5[nH]ccc45)c3)CCO2)CC1. The molecule has 0 amide bonds. The molecule has 0 radical (unpaired) electrons. The fourth-order valence-corrected chi connectivity index (χ4v) is 5.71. The van der Waals surface area contributed by atoms with E-state index in [4.69, 9.17) is 4.74 Å². The minimum Gasteiger partial charge on any atom is -0.373 e. The van der Waals surface area contributed by atoms with Gasteiger partial charge in [-0.3, -0.25) is 9.80 Å². The number of piperazine rings is 1. The number of hydrogen-bond donors (Lipinski definition) is 1. The molecule has 1 N–H and O–H groups in total. The smallest absolute Gasteiger partial charge is 0.0877 e. The molecule has 30 heavy (non-hydrogen) atoms. The highest BCUT2D eigenvalue weighted by Crippen LogP contribution is 2.36. The first-order valence-electron chi connectivity index (χ1n) is 11.2. The van der Waals surface area contributed by atoms with E-state index in [2.05, 4.69) is 69.2 Å². The number of ether oxygens (including phenoxy) is 1. The molecular formula is C24H32N4OS. The van der Waals surface area contributed by atoms with E-state index < -0.39 is 0 Å². The summed E-state index contributed by atoms with van der Waals surface area (Å²) in [6.07, 6.45) is 2.32. The second-order valence-corrected chi connectivity index (χ2v) is 9.69. The Balaban J connectivity index is 1.23. The number of aromatic amines is 1. The Morgan fingerprint density at radius 1 is 1.13 bits per heavy atom. The van der Waals surface area contributed by atoms with E-state index in [0.717, 1.165) is 39.3 Å². The molecule has 6 heteroatoms. The van der Waals surface area contributed by atoms with Gasteiger partial charge in [-0.05, 0) is 32.0 Å². The predicted molar refractivity (Wildman–Crippen MR) is 127 cm³/mol. The van der Waals surface area contributed by atoms with Crippen LogP contribution in [0.4, 0.5) is 5.69 Å². The monoisotopic (exact) mass is 424 g/mol. The van der Waals surface area contributed by atoms with Crippen LogP contribution in [0.15, 0.2) is 41.9 Å². The Bertz CT molecular complexity index is 972. The molecule has 1 unspecified atom stereocenters. The second kappa shape index (κ2) is 8.71. The lowest BCUT2D eigenvalue weighted by Crippen LogP contribution is -2.53. The van der Waals surface area contributed by atoms with Crippen LogP contribution in [0, 0.1) is 0 Å². The third-order valence-electron chi connectivity index (χ3n) is 6.55. The van der Waals surface area contributed by atoms with Crippen LogP contribution in [0.3, 0.4) is 0 Å². The number of fused-ring (bicyclic) bond motifs is 1. The molecule has 0 bridgehead atoms. The number of thiophene rings is 1. The Hall–Kier alpha value is -1.86. The normalized spacial score (nSPS) is 21.7. The highest BCUT2D eigenvalue weighted by Gasteiger charge is 2.26. The van der Waals surface area contributed by atoms with Crippen LogP contribution in [0.1, 0.15) is 13.8 Å².